The maximum Gasteiger partial charge on any atom is 0.351 e. The van der Waals surface area contributed by atoms with Gasteiger partial charge >= 0.3 is 7.60 Å². The molecule has 6 nitrogen and oxygen atoms in total. The van der Waals surface area contributed by atoms with E-state index >= 15 is 0 Å². The standard InChI is InChI=1S/C13H22NO5P/c1-5-18-20(15,19-6-2)13(14)10-7-11(16-3)9-12(8-10)17-4/h7-9,13H,5-6,14H2,1-4H3/t13-/m1/s1. The molecule has 1 rings (SSSR count). The second-order valence-corrected chi connectivity index (χ2v) is 6.12. The van der Waals surface area contributed by atoms with Crippen LogP contribution in [0.2, 0.25) is 0 Å². The molecule has 0 fully saturated rings. The van der Waals surface area contributed by atoms with Crippen molar-refractivity contribution in [3.8, 4) is 11.5 Å². The monoisotopic (exact) mass is 303 g/mol. The lowest BCUT2D eigenvalue weighted by atomic mass is 10.2. The Hall–Kier alpha value is -1.07. The third-order valence-corrected chi connectivity index (χ3v) is 4.89. The molecule has 0 saturated carbocycles. The van der Waals surface area contributed by atoms with Gasteiger partial charge in [0.1, 0.15) is 17.3 Å². The summed E-state index contributed by atoms with van der Waals surface area (Å²) in [6.07, 6.45) is 0. The summed E-state index contributed by atoms with van der Waals surface area (Å²) in [4.78, 5) is 0. The zero-order valence-electron chi connectivity index (χ0n) is 12.3. The van der Waals surface area contributed by atoms with Gasteiger partial charge in [0.25, 0.3) is 0 Å². The second kappa shape index (κ2) is 7.64. The minimum Gasteiger partial charge on any atom is -0.497 e. The van der Waals surface area contributed by atoms with Gasteiger partial charge < -0.3 is 24.3 Å². The Labute approximate surface area is 119 Å². The molecule has 1 aromatic carbocycles. The summed E-state index contributed by atoms with van der Waals surface area (Å²) in [5, 5.41) is 0. The highest BCUT2D eigenvalue weighted by atomic mass is 31.2. The largest absolute Gasteiger partial charge is 0.497 e. The highest BCUT2D eigenvalue weighted by molar-refractivity contribution is 7.54. The van der Waals surface area contributed by atoms with Crippen molar-refractivity contribution in [1.82, 2.24) is 0 Å². The van der Waals surface area contributed by atoms with Gasteiger partial charge in [-0.25, -0.2) is 0 Å². The molecule has 0 unspecified atom stereocenters. The Bertz CT molecular complexity index is 448. The molecule has 0 amide bonds. The summed E-state index contributed by atoms with van der Waals surface area (Å²) in [5.74, 6) is 0.232. The zero-order valence-corrected chi connectivity index (χ0v) is 13.2. The number of hydrogen-bond donors (Lipinski definition) is 1. The lowest BCUT2D eigenvalue weighted by Crippen LogP contribution is -2.15. The predicted octanol–water partition coefficient (Wildman–Crippen LogP) is 2.93. The molecule has 2 N–H and O–H groups in total. The number of rotatable bonds is 8. The van der Waals surface area contributed by atoms with E-state index in [9.17, 15) is 4.57 Å². The summed E-state index contributed by atoms with van der Waals surface area (Å²) in [6.45, 7) is 3.99. The fraction of sp³-hybridized carbons (Fsp3) is 0.538. The van der Waals surface area contributed by atoms with E-state index < -0.39 is 13.4 Å². The van der Waals surface area contributed by atoms with Gasteiger partial charge in [0, 0.05) is 6.07 Å². The van der Waals surface area contributed by atoms with Crippen LogP contribution in [0.4, 0.5) is 0 Å². The van der Waals surface area contributed by atoms with E-state index in [1.165, 1.54) is 14.2 Å². The molecule has 0 aliphatic rings. The lowest BCUT2D eigenvalue weighted by molar-refractivity contribution is 0.212. The van der Waals surface area contributed by atoms with E-state index in [1.54, 1.807) is 32.0 Å². The van der Waals surface area contributed by atoms with Gasteiger partial charge in [0.05, 0.1) is 27.4 Å². The fourth-order valence-corrected chi connectivity index (χ4v) is 3.37. The van der Waals surface area contributed by atoms with Gasteiger partial charge in [0.2, 0.25) is 0 Å². The Morgan fingerprint density at radius 3 is 1.85 bits per heavy atom. The molecule has 0 spiro atoms. The average molecular weight is 303 g/mol. The van der Waals surface area contributed by atoms with Crippen molar-refractivity contribution in [1.29, 1.82) is 0 Å². The number of benzene rings is 1. The highest BCUT2D eigenvalue weighted by Crippen LogP contribution is 2.58. The molecule has 0 radical (unpaired) electrons. The van der Waals surface area contributed by atoms with Crippen LogP contribution in [0.25, 0.3) is 0 Å². The Kier molecular flexibility index (Phi) is 6.49. The van der Waals surface area contributed by atoms with Crippen LogP contribution in [0.1, 0.15) is 25.2 Å². The van der Waals surface area contributed by atoms with Crippen LogP contribution in [-0.2, 0) is 13.6 Å². The lowest BCUT2D eigenvalue weighted by Gasteiger charge is -2.24. The molecule has 20 heavy (non-hydrogen) atoms. The van der Waals surface area contributed by atoms with Crippen molar-refractivity contribution in [2.45, 2.75) is 19.6 Å². The Morgan fingerprint density at radius 2 is 1.50 bits per heavy atom. The number of nitrogens with two attached hydrogens (primary N) is 1. The minimum absolute atomic E-state index is 0.256. The normalized spacial score (nSPS) is 13.1. The molecule has 114 valence electrons. The van der Waals surface area contributed by atoms with E-state index in [2.05, 4.69) is 0 Å². The molecular formula is C13H22NO5P. The first-order valence-corrected chi connectivity index (χ1v) is 7.99. The van der Waals surface area contributed by atoms with Gasteiger partial charge in [-0.1, -0.05) is 0 Å². The maximum absolute atomic E-state index is 12.7. The highest BCUT2D eigenvalue weighted by Gasteiger charge is 2.34. The molecule has 1 atom stereocenters. The summed E-state index contributed by atoms with van der Waals surface area (Å²) < 4.78 is 33.5. The van der Waals surface area contributed by atoms with Crippen LogP contribution >= 0.6 is 7.60 Å². The average Bonchev–Trinajstić information content (AvgIpc) is 2.46. The van der Waals surface area contributed by atoms with E-state index in [0.717, 1.165) is 0 Å². The van der Waals surface area contributed by atoms with Crippen LogP contribution in [0.15, 0.2) is 18.2 Å². The van der Waals surface area contributed by atoms with Crippen molar-refractivity contribution >= 4 is 7.60 Å². The molecular weight excluding hydrogens is 281 g/mol. The van der Waals surface area contributed by atoms with E-state index in [1.807, 2.05) is 0 Å². The minimum atomic E-state index is -3.43. The van der Waals surface area contributed by atoms with Gasteiger partial charge in [0.15, 0.2) is 0 Å². The zero-order chi connectivity index (χ0) is 15.2. The van der Waals surface area contributed by atoms with Crippen LogP contribution < -0.4 is 15.2 Å². The van der Waals surface area contributed by atoms with E-state index in [0.29, 0.717) is 17.1 Å². The van der Waals surface area contributed by atoms with Gasteiger partial charge in [-0.2, -0.15) is 0 Å². The Balaban J connectivity index is 3.16. The fourth-order valence-electron chi connectivity index (χ4n) is 1.74. The van der Waals surface area contributed by atoms with E-state index in [-0.39, 0.29) is 13.2 Å². The third-order valence-electron chi connectivity index (χ3n) is 2.67. The molecule has 0 bridgehead atoms. The van der Waals surface area contributed by atoms with Crippen molar-refractivity contribution in [3.63, 3.8) is 0 Å². The first-order valence-electron chi connectivity index (χ1n) is 6.38. The number of hydrogen-bond acceptors (Lipinski definition) is 6. The van der Waals surface area contributed by atoms with Crippen LogP contribution in [-0.4, -0.2) is 27.4 Å². The van der Waals surface area contributed by atoms with Gasteiger partial charge in [-0.15, -0.1) is 0 Å². The molecule has 7 heteroatoms. The molecule has 0 aliphatic heterocycles. The number of methoxy groups -OCH3 is 2. The molecule has 0 aromatic heterocycles. The second-order valence-electron chi connectivity index (χ2n) is 3.97. The molecule has 0 heterocycles. The molecule has 0 aliphatic carbocycles. The van der Waals surface area contributed by atoms with Crippen molar-refractivity contribution in [2.75, 3.05) is 27.4 Å². The van der Waals surface area contributed by atoms with Crippen LogP contribution in [0.5, 0.6) is 11.5 Å². The quantitative estimate of drug-likeness (QED) is 0.744. The third kappa shape index (κ3) is 3.96. The first-order chi connectivity index (χ1) is 9.50. The SMILES string of the molecule is CCOP(=O)(OCC)[C@@H](N)c1cc(OC)cc(OC)c1. The van der Waals surface area contributed by atoms with Crippen LogP contribution in [0, 0.1) is 0 Å². The summed E-state index contributed by atoms with van der Waals surface area (Å²) in [6, 6.07) is 5.10. The Morgan fingerprint density at radius 1 is 1.05 bits per heavy atom. The van der Waals surface area contributed by atoms with Gasteiger partial charge in [-0.3, -0.25) is 4.57 Å². The number of ether oxygens (including phenoxy) is 2. The van der Waals surface area contributed by atoms with Crippen molar-refractivity contribution < 1.29 is 23.1 Å². The topological polar surface area (TPSA) is 80.0 Å². The van der Waals surface area contributed by atoms with E-state index in [4.69, 9.17) is 24.3 Å². The van der Waals surface area contributed by atoms with Crippen molar-refractivity contribution in [3.05, 3.63) is 23.8 Å². The summed E-state index contributed by atoms with van der Waals surface area (Å²) >= 11 is 0. The van der Waals surface area contributed by atoms with Crippen LogP contribution in [0.3, 0.4) is 0 Å². The first kappa shape index (κ1) is 17.0. The predicted molar refractivity (Wildman–Crippen MR) is 77.3 cm³/mol. The maximum atomic E-state index is 12.7. The molecule has 1 aromatic rings. The smallest absolute Gasteiger partial charge is 0.351 e. The van der Waals surface area contributed by atoms with Crippen molar-refractivity contribution in [2.24, 2.45) is 5.73 Å². The summed E-state index contributed by atoms with van der Waals surface area (Å²) in [7, 11) is -0.353. The van der Waals surface area contributed by atoms with Gasteiger partial charge in [-0.05, 0) is 31.5 Å². The molecule has 0 saturated heterocycles. The summed E-state index contributed by atoms with van der Waals surface area (Å²) in [5.41, 5.74) is 6.64.